The SMILES string of the molecule is COC(=O)N[C@H](C(=O)Nc1cccc(F)c1CC[C@H]1CNC[C@H](C)N1S(=O)(=O)C1CC1)[C@@H](c1cccc(Cl)c1)C(C)C. The number of sulfonamides is 1. The Labute approximate surface area is 252 Å². The molecule has 4 rings (SSSR count). The van der Waals surface area contributed by atoms with Gasteiger partial charge in [-0.05, 0) is 68.4 Å². The molecule has 2 aromatic carbocycles. The second kappa shape index (κ2) is 13.7. The predicted octanol–water partition coefficient (Wildman–Crippen LogP) is 4.67. The normalized spacial score (nSPS) is 21.0. The van der Waals surface area contributed by atoms with Gasteiger partial charge < -0.3 is 20.7 Å². The lowest BCUT2D eigenvalue weighted by atomic mass is 9.82. The predicted molar refractivity (Wildman–Crippen MR) is 162 cm³/mol. The molecule has 3 N–H and O–H groups in total. The highest BCUT2D eigenvalue weighted by atomic mass is 35.5. The van der Waals surface area contributed by atoms with Crippen LogP contribution >= 0.6 is 11.6 Å². The van der Waals surface area contributed by atoms with E-state index in [1.807, 2.05) is 26.8 Å². The summed E-state index contributed by atoms with van der Waals surface area (Å²) in [6.45, 7) is 6.76. The number of ether oxygens (including phenoxy) is 1. The number of anilines is 1. The molecule has 12 heteroatoms. The monoisotopic (exact) mass is 622 g/mol. The van der Waals surface area contributed by atoms with Crippen LogP contribution in [0.25, 0.3) is 0 Å². The molecule has 1 aliphatic carbocycles. The summed E-state index contributed by atoms with van der Waals surface area (Å²) in [6.07, 6.45) is 1.13. The maximum Gasteiger partial charge on any atom is 0.407 e. The van der Waals surface area contributed by atoms with Gasteiger partial charge >= 0.3 is 6.09 Å². The highest BCUT2D eigenvalue weighted by Crippen LogP contribution is 2.35. The minimum absolute atomic E-state index is 0.0939. The van der Waals surface area contributed by atoms with Crippen LogP contribution in [0.4, 0.5) is 14.9 Å². The van der Waals surface area contributed by atoms with Crippen LogP contribution in [-0.4, -0.2) is 68.3 Å². The third-order valence-electron chi connectivity index (χ3n) is 8.01. The van der Waals surface area contributed by atoms with Crippen molar-refractivity contribution in [3.05, 3.63) is 64.4 Å². The lowest BCUT2D eigenvalue weighted by Gasteiger charge is -2.40. The molecule has 4 atom stereocenters. The third-order valence-corrected chi connectivity index (χ3v) is 10.8. The van der Waals surface area contributed by atoms with Crippen molar-refractivity contribution in [2.24, 2.45) is 5.92 Å². The first kappa shape index (κ1) is 32.2. The van der Waals surface area contributed by atoms with E-state index in [0.29, 0.717) is 37.4 Å². The molecule has 2 fully saturated rings. The number of carbonyl (C=O) groups excluding carboxylic acids is 2. The van der Waals surface area contributed by atoms with Crippen LogP contribution in [0.3, 0.4) is 0 Å². The molecular weight excluding hydrogens is 583 g/mol. The summed E-state index contributed by atoms with van der Waals surface area (Å²) in [7, 11) is -2.22. The summed E-state index contributed by atoms with van der Waals surface area (Å²) in [6, 6.07) is 9.90. The van der Waals surface area contributed by atoms with Crippen LogP contribution in [0.15, 0.2) is 42.5 Å². The quantitative estimate of drug-likeness (QED) is 0.335. The van der Waals surface area contributed by atoms with Gasteiger partial charge in [0.05, 0.1) is 12.4 Å². The number of rotatable bonds is 11. The van der Waals surface area contributed by atoms with Crippen molar-refractivity contribution in [2.75, 3.05) is 25.5 Å². The summed E-state index contributed by atoms with van der Waals surface area (Å²) in [5.74, 6) is -1.62. The molecule has 0 unspecified atom stereocenters. The van der Waals surface area contributed by atoms with E-state index in [1.54, 1.807) is 28.6 Å². The molecule has 230 valence electrons. The van der Waals surface area contributed by atoms with Gasteiger partial charge in [-0.1, -0.05) is 43.6 Å². The van der Waals surface area contributed by atoms with Crippen LogP contribution in [-0.2, 0) is 26.0 Å². The number of benzene rings is 2. The number of nitrogens with zero attached hydrogens (tertiary/aromatic N) is 1. The number of amides is 2. The Hall–Kier alpha value is -2.73. The molecular formula is C30H40ClFN4O5S. The number of hydrogen-bond donors (Lipinski definition) is 3. The molecule has 1 heterocycles. The smallest absolute Gasteiger partial charge is 0.407 e. The molecule has 0 spiro atoms. The van der Waals surface area contributed by atoms with E-state index in [-0.39, 0.29) is 40.9 Å². The highest BCUT2D eigenvalue weighted by molar-refractivity contribution is 7.90. The van der Waals surface area contributed by atoms with Crippen molar-refractivity contribution >= 4 is 39.3 Å². The molecule has 1 saturated heterocycles. The number of hydrogen-bond acceptors (Lipinski definition) is 6. The van der Waals surface area contributed by atoms with E-state index in [0.717, 1.165) is 5.56 Å². The maximum absolute atomic E-state index is 15.3. The van der Waals surface area contributed by atoms with Gasteiger partial charge in [0.15, 0.2) is 0 Å². The summed E-state index contributed by atoms with van der Waals surface area (Å²) in [4.78, 5) is 26.1. The maximum atomic E-state index is 15.3. The van der Waals surface area contributed by atoms with Crippen molar-refractivity contribution < 1.29 is 27.1 Å². The van der Waals surface area contributed by atoms with Crippen LogP contribution in [0, 0.1) is 11.7 Å². The second-order valence-corrected chi connectivity index (χ2v) is 14.0. The third kappa shape index (κ3) is 7.42. The number of carbonyl (C=O) groups is 2. The lowest BCUT2D eigenvalue weighted by Crippen LogP contribution is -2.59. The van der Waals surface area contributed by atoms with E-state index >= 15 is 4.39 Å². The fraction of sp³-hybridized carbons (Fsp3) is 0.533. The molecule has 2 aromatic rings. The van der Waals surface area contributed by atoms with Crippen LogP contribution < -0.4 is 16.0 Å². The highest BCUT2D eigenvalue weighted by Gasteiger charge is 2.45. The van der Waals surface area contributed by atoms with Gasteiger partial charge in [-0.25, -0.2) is 17.6 Å². The van der Waals surface area contributed by atoms with Gasteiger partial charge in [-0.3, -0.25) is 4.79 Å². The van der Waals surface area contributed by atoms with Crippen LogP contribution in [0.5, 0.6) is 0 Å². The Kier molecular flexibility index (Phi) is 10.5. The van der Waals surface area contributed by atoms with E-state index in [4.69, 9.17) is 16.3 Å². The number of nitrogens with one attached hydrogen (secondary N) is 3. The second-order valence-electron chi connectivity index (χ2n) is 11.5. The van der Waals surface area contributed by atoms with E-state index in [9.17, 15) is 18.0 Å². The Bertz CT molecular complexity index is 1390. The van der Waals surface area contributed by atoms with Crippen molar-refractivity contribution in [3.63, 3.8) is 0 Å². The molecule has 0 radical (unpaired) electrons. The zero-order valence-corrected chi connectivity index (χ0v) is 26.0. The van der Waals surface area contributed by atoms with Gasteiger partial charge in [0.1, 0.15) is 11.9 Å². The van der Waals surface area contributed by atoms with Crippen molar-refractivity contribution in [1.82, 2.24) is 14.9 Å². The summed E-state index contributed by atoms with van der Waals surface area (Å²) >= 11 is 6.25. The van der Waals surface area contributed by atoms with Gasteiger partial charge in [0.25, 0.3) is 0 Å². The molecule has 1 aliphatic heterocycles. The molecule has 0 aromatic heterocycles. The Morgan fingerprint density at radius 3 is 2.52 bits per heavy atom. The molecule has 1 saturated carbocycles. The molecule has 9 nitrogen and oxygen atoms in total. The van der Waals surface area contributed by atoms with Gasteiger partial charge in [-0.2, -0.15) is 4.31 Å². The molecule has 2 aliphatic rings. The number of piperazine rings is 1. The zero-order valence-electron chi connectivity index (χ0n) is 24.4. The zero-order chi connectivity index (χ0) is 30.6. The van der Waals surface area contributed by atoms with Gasteiger partial charge in [0.2, 0.25) is 15.9 Å². The van der Waals surface area contributed by atoms with Crippen LogP contribution in [0.2, 0.25) is 5.02 Å². The van der Waals surface area contributed by atoms with E-state index in [1.165, 1.54) is 19.2 Å². The molecule has 2 amide bonds. The van der Waals surface area contributed by atoms with Gasteiger partial charge in [0, 0.05) is 47.4 Å². The van der Waals surface area contributed by atoms with Crippen molar-refractivity contribution in [2.45, 2.75) is 75.7 Å². The topological polar surface area (TPSA) is 117 Å². The lowest BCUT2D eigenvalue weighted by molar-refractivity contribution is -0.118. The standard InChI is InChI=1S/C30H40ClFN4O5S/c1-18(2)27(20-7-5-8-21(31)15-20)28(35-30(38)41-4)29(37)34-26-10-6-9-25(32)24(26)14-11-22-17-33-16-19(3)36(22)42(39,40)23-12-13-23/h5-10,15,18-19,22-23,27-28,33H,11-14,16-17H2,1-4H3,(H,34,37)(H,35,38)/t19-,22-,27+,28-/m0/s1. The Balaban J connectivity index is 1.59. The first-order valence-electron chi connectivity index (χ1n) is 14.3. The number of halogens is 2. The van der Waals surface area contributed by atoms with Crippen LogP contribution in [0.1, 0.15) is 57.1 Å². The Morgan fingerprint density at radius 2 is 1.88 bits per heavy atom. The average Bonchev–Trinajstić information content (AvgIpc) is 3.78. The summed E-state index contributed by atoms with van der Waals surface area (Å²) in [5.41, 5.74) is 1.29. The number of methoxy groups -OCH3 is 1. The minimum Gasteiger partial charge on any atom is -0.453 e. The molecule has 0 bridgehead atoms. The Morgan fingerprint density at radius 1 is 1.17 bits per heavy atom. The van der Waals surface area contributed by atoms with E-state index in [2.05, 4.69) is 16.0 Å². The van der Waals surface area contributed by atoms with Crippen molar-refractivity contribution in [1.29, 1.82) is 0 Å². The average molecular weight is 623 g/mol. The van der Waals surface area contributed by atoms with Gasteiger partial charge in [-0.15, -0.1) is 0 Å². The largest absolute Gasteiger partial charge is 0.453 e. The fourth-order valence-corrected chi connectivity index (χ4v) is 8.30. The summed E-state index contributed by atoms with van der Waals surface area (Å²) in [5, 5.41) is 8.94. The van der Waals surface area contributed by atoms with Crippen molar-refractivity contribution in [3.8, 4) is 0 Å². The first-order valence-corrected chi connectivity index (χ1v) is 16.2. The van der Waals surface area contributed by atoms with E-state index < -0.39 is 39.8 Å². The molecule has 42 heavy (non-hydrogen) atoms. The summed E-state index contributed by atoms with van der Waals surface area (Å²) < 4.78 is 48.1. The first-order chi connectivity index (χ1) is 19.9. The number of alkyl carbamates (subject to hydrolysis) is 1. The minimum atomic E-state index is -3.43. The fourth-order valence-electron chi connectivity index (χ4n) is 5.86.